The molecule has 0 amide bonds. The van der Waals surface area contributed by atoms with Crippen molar-refractivity contribution in [2.45, 2.75) is 45.6 Å². The van der Waals surface area contributed by atoms with Crippen LogP contribution < -0.4 is 16.0 Å². The van der Waals surface area contributed by atoms with Gasteiger partial charge in [-0.05, 0) is 52.2 Å². The molecule has 1 aliphatic heterocycles. The lowest BCUT2D eigenvalue weighted by Crippen LogP contribution is -2.30. The normalized spacial score (nSPS) is 14.5. The summed E-state index contributed by atoms with van der Waals surface area (Å²) >= 11 is 0. The fraction of sp³-hybridized carbons (Fsp3) is 0.346. The highest BCUT2D eigenvalue weighted by Gasteiger charge is 2.22. The first-order valence-electron chi connectivity index (χ1n) is 11.7. The van der Waals surface area contributed by atoms with E-state index in [0.717, 1.165) is 47.1 Å². The van der Waals surface area contributed by atoms with Crippen LogP contribution in [0.4, 0.5) is 11.4 Å². The molecule has 0 spiro atoms. The Bertz CT molecular complexity index is 1340. The van der Waals surface area contributed by atoms with Crippen molar-refractivity contribution in [3.05, 3.63) is 66.7 Å². The molecular weight excluding hydrogens is 426 g/mol. The molecule has 4 aromatic heterocycles. The predicted octanol–water partition coefficient (Wildman–Crippen LogP) is 4.96. The summed E-state index contributed by atoms with van der Waals surface area (Å²) in [6.07, 6.45) is 11.1. The zero-order valence-electron chi connectivity index (χ0n) is 20.0. The molecule has 3 N–H and O–H groups in total. The van der Waals surface area contributed by atoms with E-state index in [1.165, 1.54) is 19.3 Å². The van der Waals surface area contributed by atoms with E-state index in [2.05, 4.69) is 39.0 Å². The Morgan fingerprint density at radius 3 is 2.68 bits per heavy atom. The van der Waals surface area contributed by atoms with Crippen LogP contribution in [-0.4, -0.2) is 32.4 Å². The topological polar surface area (TPSA) is 97.5 Å². The molecule has 1 fully saturated rings. The van der Waals surface area contributed by atoms with E-state index in [9.17, 15) is 0 Å². The summed E-state index contributed by atoms with van der Waals surface area (Å²) in [6.45, 7) is 12.2. The first-order chi connectivity index (χ1) is 16.3. The lowest BCUT2D eigenvalue weighted by Gasteiger charge is -2.31. The lowest BCUT2D eigenvalue weighted by atomic mass is 10.0. The van der Waals surface area contributed by atoms with Crippen molar-refractivity contribution in [3.8, 4) is 11.5 Å². The number of anilines is 2. The van der Waals surface area contributed by atoms with Gasteiger partial charge in [-0.25, -0.2) is 9.97 Å². The highest BCUT2D eigenvalue weighted by Crippen LogP contribution is 2.33. The third-order valence-corrected chi connectivity index (χ3v) is 6.17. The Morgan fingerprint density at radius 2 is 1.94 bits per heavy atom. The second-order valence-electron chi connectivity index (χ2n) is 9.56. The molecule has 1 aliphatic rings. The number of oxazole rings is 1. The lowest BCUT2D eigenvalue weighted by molar-refractivity contribution is 0.539. The quantitative estimate of drug-likeness (QED) is 0.422. The number of imidazole rings is 1. The van der Waals surface area contributed by atoms with E-state index in [-0.39, 0.29) is 0 Å². The molecule has 0 aliphatic carbocycles. The second-order valence-corrected chi connectivity index (χ2v) is 9.56. The number of pyridine rings is 2. The minimum Gasteiger partial charge on any atom is -0.444 e. The molecule has 0 saturated carbocycles. The largest absolute Gasteiger partial charge is 0.444 e. The second kappa shape index (κ2) is 8.61. The molecule has 0 bridgehead atoms. The fourth-order valence-electron chi connectivity index (χ4n) is 4.28. The number of nitrogens with one attached hydrogen (secondary N) is 1. The first kappa shape index (κ1) is 22.2. The number of nitrogens with zero attached hydrogens (tertiary/aromatic N) is 5. The Labute approximate surface area is 199 Å². The van der Waals surface area contributed by atoms with Gasteiger partial charge in [-0.15, -0.1) is 0 Å². The SMILES string of the molecule is C=C(Nc1cn2cc(C(C)(C)N)nc2cc1N1CCCCC1)c1coc(-c2ccnc(C)c2)n1. The maximum Gasteiger partial charge on any atom is 0.226 e. The number of hydrogen-bond acceptors (Lipinski definition) is 7. The van der Waals surface area contributed by atoms with Crippen molar-refractivity contribution >= 4 is 22.7 Å². The van der Waals surface area contributed by atoms with Gasteiger partial charge in [-0.3, -0.25) is 4.98 Å². The van der Waals surface area contributed by atoms with Crippen LogP contribution in [0.1, 0.15) is 50.2 Å². The minimum absolute atomic E-state index is 0.517. The predicted molar refractivity (Wildman–Crippen MR) is 136 cm³/mol. The number of nitrogens with two attached hydrogens (primary N) is 1. The summed E-state index contributed by atoms with van der Waals surface area (Å²) in [4.78, 5) is 16.1. The van der Waals surface area contributed by atoms with E-state index in [1.807, 2.05) is 43.5 Å². The summed E-state index contributed by atoms with van der Waals surface area (Å²) in [6, 6.07) is 5.96. The molecular formula is C26H31N7O. The van der Waals surface area contributed by atoms with Crippen LogP contribution in [0.3, 0.4) is 0 Å². The summed E-state index contributed by atoms with van der Waals surface area (Å²) in [5.74, 6) is 0.541. The molecule has 176 valence electrons. The van der Waals surface area contributed by atoms with Crippen LogP contribution >= 0.6 is 0 Å². The minimum atomic E-state index is -0.517. The molecule has 5 heterocycles. The number of aromatic nitrogens is 4. The van der Waals surface area contributed by atoms with Gasteiger partial charge in [0.15, 0.2) is 0 Å². The van der Waals surface area contributed by atoms with E-state index in [0.29, 0.717) is 17.3 Å². The van der Waals surface area contributed by atoms with Gasteiger partial charge >= 0.3 is 0 Å². The smallest absolute Gasteiger partial charge is 0.226 e. The fourth-order valence-corrected chi connectivity index (χ4v) is 4.28. The van der Waals surface area contributed by atoms with E-state index >= 15 is 0 Å². The highest BCUT2D eigenvalue weighted by atomic mass is 16.3. The van der Waals surface area contributed by atoms with Gasteiger partial charge in [-0.2, -0.15) is 0 Å². The van der Waals surface area contributed by atoms with E-state index in [4.69, 9.17) is 15.1 Å². The third-order valence-electron chi connectivity index (χ3n) is 6.17. The summed E-state index contributed by atoms with van der Waals surface area (Å²) in [5, 5.41) is 3.49. The van der Waals surface area contributed by atoms with E-state index in [1.54, 1.807) is 12.5 Å². The van der Waals surface area contributed by atoms with Gasteiger partial charge in [0.05, 0.1) is 28.3 Å². The summed E-state index contributed by atoms with van der Waals surface area (Å²) in [5.41, 5.74) is 12.7. The Hall–Kier alpha value is -3.65. The van der Waals surface area contributed by atoms with Crippen LogP contribution in [0, 0.1) is 6.92 Å². The zero-order valence-corrected chi connectivity index (χ0v) is 20.0. The standard InChI is InChI=1S/C26H31N7O/c1-17-12-19(8-9-28-17)25-30-21(16-34-25)18(2)29-20-14-33-15-23(26(3,4)27)31-24(33)13-22(20)32-10-6-5-7-11-32/h8-9,12-16,29H,2,5-7,10-11,27H2,1,3-4H3. The average molecular weight is 458 g/mol. The van der Waals surface area contributed by atoms with Crippen molar-refractivity contribution in [2.24, 2.45) is 5.73 Å². The van der Waals surface area contributed by atoms with Crippen LogP contribution in [0.25, 0.3) is 22.8 Å². The van der Waals surface area contributed by atoms with Crippen LogP contribution in [0.2, 0.25) is 0 Å². The third kappa shape index (κ3) is 4.41. The van der Waals surface area contributed by atoms with Gasteiger partial charge in [-0.1, -0.05) is 6.58 Å². The Balaban J connectivity index is 1.48. The van der Waals surface area contributed by atoms with Gasteiger partial charge in [0, 0.05) is 49.0 Å². The van der Waals surface area contributed by atoms with Crippen molar-refractivity contribution in [3.63, 3.8) is 0 Å². The van der Waals surface area contributed by atoms with Gasteiger partial charge in [0.2, 0.25) is 5.89 Å². The van der Waals surface area contributed by atoms with Gasteiger partial charge < -0.3 is 24.8 Å². The molecule has 8 nitrogen and oxygen atoms in total. The molecule has 0 unspecified atom stereocenters. The van der Waals surface area contributed by atoms with Crippen molar-refractivity contribution in [1.29, 1.82) is 0 Å². The van der Waals surface area contributed by atoms with Crippen LogP contribution in [0.5, 0.6) is 0 Å². The maximum absolute atomic E-state index is 6.32. The van der Waals surface area contributed by atoms with E-state index < -0.39 is 5.54 Å². The van der Waals surface area contributed by atoms with Crippen LogP contribution in [-0.2, 0) is 5.54 Å². The number of piperidine rings is 1. The van der Waals surface area contributed by atoms with Crippen molar-refractivity contribution in [1.82, 2.24) is 19.4 Å². The summed E-state index contributed by atoms with van der Waals surface area (Å²) < 4.78 is 7.76. The Morgan fingerprint density at radius 1 is 1.15 bits per heavy atom. The average Bonchev–Trinajstić information content (AvgIpc) is 3.46. The van der Waals surface area contributed by atoms with Gasteiger partial charge in [0.25, 0.3) is 0 Å². The zero-order chi connectivity index (χ0) is 23.9. The van der Waals surface area contributed by atoms with Gasteiger partial charge in [0.1, 0.15) is 17.6 Å². The maximum atomic E-state index is 6.32. The first-order valence-corrected chi connectivity index (χ1v) is 11.7. The monoisotopic (exact) mass is 457 g/mol. The Kier molecular flexibility index (Phi) is 5.61. The molecule has 5 rings (SSSR count). The molecule has 8 heteroatoms. The molecule has 0 aromatic carbocycles. The molecule has 0 atom stereocenters. The van der Waals surface area contributed by atoms with Crippen molar-refractivity contribution in [2.75, 3.05) is 23.3 Å². The molecule has 0 radical (unpaired) electrons. The number of hydrogen-bond donors (Lipinski definition) is 2. The molecule has 34 heavy (non-hydrogen) atoms. The number of fused-ring (bicyclic) bond motifs is 1. The summed E-state index contributed by atoms with van der Waals surface area (Å²) in [7, 11) is 0. The molecule has 4 aromatic rings. The number of rotatable bonds is 6. The highest BCUT2D eigenvalue weighted by molar-refractivity contribution is 5.83. The number of aryl methyl sites for hydroxylation is 1. The van der Waals surface area contributed by atoms with Crippen molar-refractivity contribution < 1.29 is 4.42 Å². The molecule has 1 saturated heterocycles. The van der Waals surface area contributed by atoms with Crippen LogP contribution in [0.15, 0.2) is 54.0 Å².